The van der Waals surface area contributed by atoms with Crippen molar-refractivity contribution in [3.05, 3.63) is 48.0 Å². The maximum Gasteiger partial charge on any atom is 0.135 e. The highest BCUT2D eigenvalue weighted by Gasteiger charge is 2.06. The van der Waals surface area contributed by atoms with Crippen molar-refractivity contribution in [2.75, 3.05) is 7.05 Å². The number of nitrogens with one attached hydrogen (secondary N) is 2. The van der Waals surface area contributed by atoms with Crippen LogP contribution in [0.1, 0.15) is 5.56 Å². The first kappa shape index (κ1) is 12.9. The van der Waals surface area contributed by atoms with Gasteiger partial charge in [-0.15, -0.1) is 12.4 Å². The van der Waals surface area contributed by atoms with Gasteiger partial charge in [-0.2, -0.15) is 0 Å². The van der Waals surface area contributed by atoms with Gasteiger partial charge in [0.1, 0.15) is 11.2 Å². The zero-order chi connectivity index (χ0) is 11.7. The number of benzene rings is 2. The van der Waals surface area contributed by atoms with Crippen LogP contribution < -0.4 is 10.9 Å². The van der Waals surface area contributed by atoms with Gasteiger partial charge >= 0.3 is 0 Å². The largest absolute Gasteiger partial charge is 0.456 e. The lowest BCUT2D eigenvalue weighted by Gasteiger charge is -2.02. The molecule has 2 aromatic carbocycles. The number of fused-ring (bicyclic) bond motifs is 3. The zero-order valence-electron chi connectivity index (χ0n) is 10.1. The standard InChI is InChI=1S/C14H14N2O.ClH/c1-15-16-9-10-6-7-12-11-4-2-3-5-13(11)17-14(12)8-10;/h2-8,15-16H,9H2,1H3;1H. The Morgan fingerprint density at radius 1 is 1.00 bits per heavy atom. The van der Waals surface area contributed by atoms with Gasteiger partial charge < -0.3 is 4.42 Å². The summed E-state index contributed by atoms with van der Waals surface area (Å²) in [6.45, 7) is 0.781. The van der Waals surface area contributed by atoms with Gasteiger partial charge in [-0.25, -0.2) is 0 Å². The SMILES string of the molecule is CNNCc1ccc2c(c1)oc1ccccc12.Cl. The average molecular weight is 263 g/mol. The third-order valence-corrected chi connectivity index (χ3v) is 2.91. The van der Waals surface area contributed by atoms with Crippen molar-refractivity contribution in [3.63, 3.8) is 0 Å². The lowest BCUT2D eigenvalue weighted by molar-refractivity contribution is 0.595. The van der Waals surface area contributed by atoms with E-state index >= 15 is 0 Å². The monoisotopic (exact) mass is 262 g/mol. The fraction of sp³-hybridized carbons (Fsp3) is 0.143. The van der Waals surface area contributed by atoms with Crippen molar-refractivity contribution in [2.24, 2.45) is 0 Å². The highest BCUT2D eigenvalue weighted by Crippen LogP contribution is 2.28. The Morgan fingerprint density at radius 2 is 1.78 bits per heavy atom. The summed E-state index contributed by atoms with van der Waals surface area (Å²) in [4.78, 5) is 0. The molecule has 0 saturated heterocycles. The minimum Gasteiger partial charge on any atom is -0.456 e. The fourth-order valence-corrected chi connectivity index (χ4v) is 2.07. The third kappa shape index (κ3) is 2.20. The first-order valence-electron chi connectivity index (χ1n) is 5.68. The maximum absolute atomic E-state index is 5.82. The van der Waals surface area contributed by atoms with Crippen molar-refractivity contribution in [1.82, 2.24) is 10.9 Å². The molecule has 0 radical (unpaired) electrons. The van der Waals surface area contributed by atoms with Crippen LogP contribution in [0.15, 0.2) is 46.9 Å². The van der Waals surface area contributed by atoms with Crippen LogP contribution >= 0.6 is 12.4 Å². The number of hydrazine groups is 1. The van der Waals surface area contributed by atoms with Gasteiger partial charge in [0.2, 0.25) is 0 Å². The molecule has 3 rings (SSSR count). The summed E-state index contributed by atoms with van der Waals surface area (Å²) in [7, 11) is 1.86. The van der Waals surface area contributed by atoms with Crippen molar-refractivity contribution in [2.45, 2.75) is 6.54 Å². The smallest absolute Gasteiger partial charge is 0.135 e. The van der Waals surface area contributed by atoms with E-state index < -0.39 is 0 Å². The van der Waals surface area contributed by atoms with Crippen molar-refractivity contribution < 1.29 is 4.42 Å². The summed E-state index contributed by atoms with van der Waals surface area (Å²) < 4.78 is 5.82. The molecule has 0 atom stereocenters. The zero-order valence-corrected chi connectivity index (χ0v) is 10.9. The molecule has 1 aromatic heterocycles. The number of para-hydroxylation sites is 1. The van der Waals surface area contributed by atoms with E-state index in [0.717, 1.165) is 17.7 Å². The second kappa shape index (κ2) is 5.40. The molecule has 1 heterocycles. The topological polar surface area (TPSA) is 37.2 Å². The summed E-state index contributed by atoms with van der Waals surface area (Å²) >= 11 is 0. The number of furan rings is 1. The third-order valence-electron chi connectivity index (χ3n) is 2.91. The molecule has 3 aromatic rings. The van der Waals surface area contributed by atoms with E-state index in [4.69, 9.17) is 4.42 Å². The Kier molecular flexibility index (Phi) is 3.87. The highest BCUT2D eigenvalue weighted by atomic mass is 35.5. The van der Waals surface area contributed by atoms with Gasteiger partial charge in [-0.1, -0.05) is 30.3 Å². The molecule has 4 heteroatoms. The molecule has 0 saturated carbocycles. The minimum atomic E-state index is 0. The summed E-state index contributed by atoms with van der Waals surface area (Å²) in [5, 5.41) is 2.35. The Hall–Kier alpha value is -1.55. The van der Waals surface area contributed by atoms with E-state index in [0.29, 0.717) is 0 Å². The second-order valence-electron chi connectivity index (χ2n) is 4.03. The van der Waals surface area contributed by atoms with Gasteiger partial charge in [0.15, 0.2) is 0 Å². The summed E-state index contributed by atoms with van der Waals surface area (Å²) in [5.41, 5.74) is 9.07. The van der Waals surface area contributed by atoms with Crippen LogP contribution in [-0.4, -0.2) is 7.05 Å². The normalized spacial score (nSPS) is 10.7. The van der Waals surface area contributed by atoms with E-state index in [-0.39, 0.29) is 12.4 Å². The first-order chi connectivity index (χ1) is 8.38. The summed E-state index contributed by atoms with van der Waals surface area (Å²) in [5.74, 6) is 0. The van der Waals surface area contributed by atoms with E-state index in [1.165, 1.54) is 16.3 Å². The van der Waals surface area contributed by atoms with Crippen LogP contribution in [0.2, 0.25) is 0 Å². The van der Waals surface area contributed by atoms with Crippen molar-refractivity contribution in [3.8, 4) is 0 Å². The molecule has 18 heavy (non-hydrogen) atoms. The summed E-state index contributed by atoms with van der Waals surface area (Å²) in [6, 6.07) is 14.4. The van der Waals surface area contributed by atoms with E-state index in [1.807, 2.05) is 25.2 Å². The van der Waals surface area contributed by atoms with E-state index in [1.54, 1.807) is 0 Å². The van der Waals surface area contributed by atoms with Crippen LogP contribution in [-0.2, 0) is 6.54 Å². The molecular weight excluding hydrogens is 248 g/mol. The van der Waals surface area contributed by atoms with Gasteiger partial charge in [0, 0.05) is 17.3 Å². The van der Waals surface area contributed by atoms with Crippen molar-refractivity contribution >= 4 is 34.3 Å². The average Bonchev–Trinajstić information content (AvgIpc) is 2.74. The molecule has 0 amide bonds. The van der Waals surface area contributed by atoms with Crippen molar-refractivity contribution in [1.29, 1.82) is 0 Å². The van der Waals surface area contributed by atoms with Gasteiger partial charge in [0.25, 0.3) is 0 Å². The second-order valence-corrected chi connectivity index (χ2v) is 4.03. The van der Waals surface area contributed by atoms with Crippen LogP contribution in [0.3, 0.4) is 0 Å². The lowest BCUT2D eigenvalue weighted by atomic mass is 10.1. The van der Waals surface area contributed by atoms with Gasteiger partial charge in [-0.05, 0) is 24.7 Å². The predicted molar refractivity (Wildman–Crippen MR) is 76.9 cm³/mol. The Bertz CT molecular complexity index is 663. The van der Waals surface area contributed by atoms with Crippen LogP contribution in [0.5, 0.6) is 0 Å². The molecule has 0 fully saturated rings. The molecule has 0 aliphatic carbocycles. The van der Waals surface area contributed by atoms with Crippen LogP contribution in [0.4, 0.5) is 0 Å². The Morgan fingerprint density at radius 3 is 2.61 bits per heavy atom. The number of hydrogen-bond donors (Lipinski definition) is 2. The number of halogens is 1. The highest BCUT2D eigenvalue weighted by molar-refractivity contribution is 6.04. The molecule has 2 N–H and O–H groups in total. The van der Waals surface area contributed by atoms with E-state index in [9.17, 15) is 0 Å². The fourth-order valence-electron chi connectivity index (χ4n) is 2.07. The summed E-state index contributed by atoms with van der Waals surface area (Å²) in [6.07, 6.45) is 0. The molecule has 0 aliphatic rings. The van der Waals surface area contributed by atoms with Gasteiger partial charge in [0.05, 0.1) is 0 Å². The molecule has 94 valence electrons. The first-order valence-corrected chi connectivity index (χ1v) is 5.68. The molecule has 0 unspecified atom stereocenters. The quantitative estimate of drug-likeness (QED) is 0.712. The molecule has 0 bridgehead atoms. The number of rotatable bonds is 3. The van der Waals surface area contributed by atoms with Gasteiger partial charge in [-0.3, -0.25) is 10.9 Å². The number of hydrogen-bond acceptors (Lipinski definition) is 3. The maximum atomic E-state index is 5.82. The molecule has 0 aliphatic heterocycles. The van der Waals surface area contributed by atoms with E-state index in [2.05, 4.69) is 35.1 Å². The molecule has 0 spiro atoms. The molecular formula is C14H15ClN2O. The lowest BCUT2D eigenvalue weighted by Crippen LogP contribution is -2.26. The Balaban J connectivity index is 0.00000120. The van der Waals surface area contributed by atoms with Crippen LogP contribution in [0, 0.1) is 0 Å². The van der Waals surface area contributed by atoms with Crippen LogP contribution in [0.25, 0.3) is 21.9 Å². The Labute approximate surface area is 112 Å². The molecule has 3 nitrogen and oxygen atoms in total. The minimum absolute atomic E-state index is 0. The predicted octanol–water partition coefficient (Wildman–Crippen LogP) is 3.23.